The molecule has 3 heteroatoms. The second kappa shape index (κ2) is 6.75. The van der Waals surface area contributed by atoms with E-state index in [9.17, 15) is 9.90 Å². The first-order valence-corrected chi connectivity index (χ1v) is 7.79. The van der Waals surface area contributed by atoms with Crippen molar-refractivity contribution in [2.75, 3.05) is 0 Å². The van der Waals surface area contributed by atoms with E-state index in [1.54, 1.807) is 0 Å². The van der Waals surface area contributed by atoms with Gasteiger partial charge in [-0.25, -0.2) is 0 Å². The van der Waals surface area contributed by atoms with E-state index >= 15 is 0 Å². The fourth-order valence-electron chi connectivity index (χ4n) is 2.96. The summed E-state index contributed by atoms with van der Waals surface area (Å²) >= 11 is 0. The lowest BCUT2D eigenvalue weighted by atomic mass is 10.1. The van der Waals surface area contributed by atoms with Crippen LogP contribution < -0.4 is 0 Å². The Kier molecular flexibility index (Phi) is 4.54. The summed E-state index contributed by atoms with van der Waals surface area (Å²) in [5, 5.41) is 9.67. The van der Waals surface area contributed by atoms with Crippen LogP contribution in [0.4, 0.5) is 0 Å². The summed E-state index contributed by atoms with van der Waals surface area (Å²) in [7, 11) is 0. The maximum absolute atomic E-state index is 11.8. The van der Waals surface area contributed by atoms with Gasteiger partial charge >= 0.3 is 5.97 Å². The van der Waals surface area contributed by atoms with Crippen LogP contribution in [0.15, 0.2) is 60.7 Å². The second-order valence-corrected chi connectivity index (χ2v) is 6.00. The SMILES string of the molecule is O=C(O)C(C1CC1)N(Cc1ccccc1)Cc1ccccc1. The standard InChI is InChI=1S/C19H21NO2/c21-19(22)18(17-11-12-17)20(13-15-7-3-1-4-8-15)14-16-9-5-2-6-10-16/h1-10,17-18H,11-14H2,(H,21,22). The van der Waals surface area contributed by atoms with E-state index in [4.69, 9.17) is 0 Å². The quantitative estimate of drug-likeness (QED) is 0.849. The Bertz CT molecular complexity index is 566. The van der Waals surface area contributed by atoms with Crippen LogP contribution in [0.5, 0.6) is 0 Å². The zero-order valence-electron chi connectivity index (χ0n) is 12.6. The number of hydrogen-bond acceptors (Lipinski definition) is 2. The Morgan fingerprint density at radius 1 is 0.955 bits per heavy atom. The number of carboxylic acids is 1. The van der Waals surface area contributed by atoms with Crippen molar-refractivity contribution < 1.29 is 9.90 Å². The van der Waals surface area contributed by atoms with Gasteiger partial charge in [-0.05, 0) is 29.9 Å². The van der Waals surface area contributed by atoms with Crippen LogP contribution in [0.25, 0.3) is 0 Å². The molecule has 114 valence electrons. The molecule has 0 saturated heterocycles. The number of carboxylic acid groups (broad SMARTS) is 1. The van der Waals surface area contributed by atoms with E-state index in [1.165, 1.54) is 0 Å². The molecule has 3 rings (SSSR count). The highest BCUT2D eigenvalue weighted by molar-refractivity contribution is 5.74. The molecule has 1 atom stereocenters. The van der Waals surface area contributed by atoms with E-state index in [2.05, 4.69) is 29.2 Å². The molecule has 0 amide bonds. The van der Waals surface area contributed by atoms with Gasteiger partial charge in [0.15, 0.2) is 0 Å². The molecule has 1 fully saturated rings. The van der Waals surface area contributed by atoms with Crippen LogP contribution in [0.2, 0.25) is 0 Å². The molecule has 22 heavy (non-hydrogen) atoms. The Morgan fingerprint density at radius 3 is 1.77 bits per heavy atom. The largest absolute Gasteiger partial charge is 0.480 e. The van der Waals surface area contributed by atoms with E-state index < -0.39 is 5.97 Å². The van der Waals surface area contributed by atoms with Crippen molar-refractivity contribution in [3.8, 4) is 0 Å². The summed E-state index contributed by atoms with van der Waals surface area (Å²) in [5.41, 5.74) is 2.32. The normalized spacial score (nSPS) is 15.7. The summed E-state index contributed by atoms with van der Waals surface area (Å²) in [6.45, 7) is 1.34. The molecule has 0 radical (unpaired) electrons. The molecule has 1 N–H and O–H groups in total. The predicted molar refractivity (Wildman–Crippen MR) is 86.3 cm³/mol. The fourth-order valence-corrected chi connectivity index (χ4v) is 2.96. The van der Waals surface area contributed by atoms with E-state index in [0.29, 0.717) is 19.0 Å². The van der Waals surface area contributed by atoms with Gasteiger partial charge in [-0.15, -0.1) is 0 Å². The fraction of sp³-hybridized carbons (Fsp3) is 0.316. The molecule has 0 heterocycles. The maximum atomic E-state index is 11.8. The predicted octanol–water partition coefficient (Wildman–Crippen LogP) is 3.55. The number of nitrogens with zero attached hydrogens (tertiary/aromatic N) is 1. The number of carbonyl (C=O) groups is 1. The first-order chi connectivity index (χ1) is 10.7. The van der Waals surface area contributed by atoms with Crippen LogP contribution in [0, 0.1) is 5.92 Å². The molecule has 1 saturated carbocycles. The van der Waals surface area contributed by atoms with Gasteiger partial charge in [-0.3, -0.25) is 9.69 Å². The highest BCUT2D eigenvalue weighted by Crippen LogP contribution is 2.36. The van der Waals surface area contributed by atoms with Gasteiger partial charge in [0.25, 0.3) is 0 Å². The topological polar surface area (TPSA) is 40.5 Å². The summed E-state index contributed by atoms with van der Waals surface area (Å²) in [6.07, 6.45) is 2.05. The van der Waals surface area contributed by atoms with Gasteiger partial charge in [0.2, 0.25) is 0 Å². The van der Waals surface area contributed by atoms with Gasteiger partial charge in [0.05, 0.1) is 0 Å². The average Bonchev–Trinajstić information content (AvgIpc) is 3.34. The minimum atomic E-state index is -0.700. The van der Waals surface area contributed by atoms with Gasteiger partial charge in [0.1, 0.15) is 6.04 Å². The first-order valence-electron chi connectivity index (χ1n) is 7.79. The van der Waals surface area contributed by atoms with Crippen molar-refractivity contribution in [1.29, 1.82) is 0 Å². The number of rotatable bonds is 7. The molecular formula is C19H21NO2. The van der Waals surface area contributed by atoms with Crippen LogP contribution in [0.3, 0.4) is 0 Å². The first kappa shape index (κ1) is 14.8. The van der Waals surface area contributed by atoms with E-state index in [-0.39, 0.29) is 6.04 Å². The molecule has 2 aromatic rings. The molecule has 0 aliphatic heterocycles. The minimum absolute atomic E-state index is 0.296. The summed E-state index contributed by atoms with van der Waals surface area (Å²) in [5.74, 6) is -0.403. The maximum Gasteiger partial charge on any atom is 0.321 e. The minimum Gasteiger partial charge on any atom is -0.480 e. The lowest BCUT2D eigenvalue weighted by molar-refractivity contribution is -0.144. The number of hydrogen-bond donors (Lipinski definition) is 1. The molecule has 1 aliphatic rings. The zero-order chi connectivity index (χ0) is 15.4. The highest BCUT2D eigenvalue weighted by atomic mass is 16.4. The molecule has 1 unspecified atom stereocenters. The van der Waals surface area contributed by atoms with E-state index in [1.807, 2.05) is 36.4 Å². The highest BCUT2D eigenvalue weighted by Gasteiger charge is 2.40. The van der Waals surface area contributed by atoms with Gasteiger partial charge in [0, 0.05) is 13.1 Å². The summed E-state index contributed by atoms with van der Waals surface area (Å²) in [4.78, 5) is 13.9. The van der Waals surface area contributed by atoms with Crippen LogP contribution >= 0.6 is 0 Å². The lowest BCUT2D eigenvalue weighted by Crippen LogP contribution is -2.42. The summed E-state index contributed by atoms with van der Waals surface area (Å²) in [6, 6.07) is 19.8. The van der Waals surface area contributed by atoms with Crippen molar-refractivity contribution in [2.45, 2.75) is 32.0 Å². The van der Waals surface area contributed by atoms with Gasteiger partial charge in [-0.2, -0.15) is 0 Å². The smallest absolute Gasteiger partial charge is 0.321 e. The monoisotopic (exact) mass is 295 g/mol. The van der Waals surface area contributed by atoms with Crippen molar-refractivity contribution >= 4 is 5.97 Å². The second-order valence-electron chi connectivity index (χ2n) is 6.00. The van der Waals surface area contributed by atoms with Crippen molar-refractivity contribution in [2.24, 2.45) is 5.92 Å². The van der Waals surface area contributed by atoms with Crippen LogP contribution in [-0.2, 0) is 17.9 Å². The van der Waals surface area contributed by atoms with Crippen LogP contribution in [0.1, 0.15) is 24.0 Å². The van der Waals surface area contributed by atoms with Crippen molar-refractivity contribution in [3.05, 3.63) is 71.8 Å². The molecule has 1 aliphatic carbocycles. The molecular weight excluding hydrogens is 274 g/mol. The Balaban J connectivity index is 1.82. The average molecular weight is 295 g/mol. The molecule has 3 nitrogen and oxygen atoms in total. The Hall–Kier alpha value is -2.13. The zero-order valence-corrected chi connectivity index (χ0v) is 12.6. The molecule has 2 aromatic carbocycles. The Labute approximate surface area is 131 Å². The van der Waals surface area contributed by atoms with Crippen molar-refractivity contribution in [3.63, 3.8) is 0 Å². The van der Waals surface area contributed by atoms with Crippen LogP contribution in [-0.4, -0.2) is 22.0 Å². The Morgan fingerprint density at radius 2 is 1.41 bits per heavy atom. The third-order valence-corrected chi connectivity index (χ3v) is 4.17. The molecule has 0 spiro atoms. The van der Waals surface area contributed by atoms with E-state index in [0.717, 1.165) is 24.0 Å². The third kappa shape index (κ3) is 3.74. The molecule has 0 bridgehead atoms. The van der Waals surface area contributed by atoms with Gasteiger partial charge in [-0.1, -0.05) is 60.7 Å². The lowest BCUT2D eigenvalue weighted by Gasteiger charge is -2.29. The summed E-state index contributed by atoms with van der Waals surface area (Å²) < 4.78 is 0. The molecule has 0 aromatic heterocycles. The third-order valence-electron chi connectivity index (χ3n) is 4.17. The van der Waals surface area contributed by atoms with Gasteiger partial charge < -0.3 is 5.11 Å². The number of benzene rings is 2. The van der Waals surface area contributed by atoms with Crippen molar-refractivity contribution in [1.82, 2.24) is 4.90 Å². The number of aliphatic carboxylic acids is 1.